The fourth-order valence-corrected chi connectivity index (χ4v) is 7.08. The summed E-state index contributed by atoms with van der Waals surface area (Å²) in [5, 5.41) is 0.0591. The van der Waals surface area contributed by atoms with Gasteiger partial charge in [0.15, 0.2) is 23.0 Å². The predicted molar refractivity (Wildman–Crippen MR) is 228 cm³/mol. The molecule has 6 aromatic rings. The van der Waals surface area contributed by atoms with Crippen LogP contribution in [0.2, 0.25) is 0 Å². The second-order valence-electron chi connectivity index (χ2n) is 13.4. The second kappa shape index (κ2) is 17.6. The van der Waals surface area contributed by atoms with Gasteiger partial charge < -0.3 is 42.6 Å². The van der Waals surface area contributed by atoms with E-state index in [0.29, 0.717) is 96.9 Å². The number of para-hydroxylation sites is 2. The van der Waals surface area contributed by atoms with Gasteiger partial charge in [0.05, 0.1) is 90.6 Å². The van der Waals surface area contributed by atoms with Crippen LogP contribution in [0.4, 0.5) is 0 Å². The quantitative estimate of drug-likeness (QED) is 0.106. The Balaban J connectivity index is 1.37. The first-order chi connectivity index (χ1) is 29.2. The molecular formula is C48H43O12+. The molecule has 0 radical (unpaired) electrons. The highest BCUT2D eigenvalue weighted by molar-refractivity contribution is 5.79. The number of ether oxygens (including phenoxy) is 9. The summed E-state index contributed by atoms with van der Waals surface area (Å²) in [5.41, 5.74) is 2.27. The molecule has 7 rings (SSSR count). The molecule has 1 atom stereocenters. The Hall–Kier alpha value is -7.47. The molecule has 0 amide bonds. The molecule has 0 aliphatic carbocycles. The zero-order chi connectivity index (χ0) is 42.5. The Bertz CT molecular complexity index is 2760. The van der Waals surface area contributed by atoms with Gasteiger partial charge in [0, 0.05) is 23.6 Å². The average molecular weight is 812 g/mol. The van der Waals surface area contributed by atoms with Crippen LogP contribution < -0.4 is 59.2 Å². The maximum absolute atomic E-state index is 14.0. The SMILES string of the molecule is COc1ccccc1C1=CC(C=c2c(=O)c(=Cc3cc(-c4cc(OC)c(OC)c(OC)c4)[o+]c(-c4ccccc4OC)c3)c2=O)C=C(c2cc(OC)c(OC)c(OC)c2)O1. The summed E-state index contributed by atoms with van der Waals surface area (Å²) >= 11 is 0. The Kier molecular flexibility index (Phi) is 11.9. The highest BCUT2D eigenvalue weighted by Gasteiger charge is 2.27. The average Bonchev–Trinajstić information content (AvgIpc) is 3.30. The minimum atomic E-state index is -0.545. The van der Waals surface area contributed by atoms with Crippen molar-refractivity contribution in [3.05, 3.63) is 145 Å². The molecule has 0 saturated carbocycles. The Morgan fingerprint density at radius 2 is 0.967 bits per heavy atom. The van der Waals surface area contributed by atoms with E-state index >= 15 is 0 Å². The van der Waals surface area contributed by atoms with E-state index in [1.807, 2.05) is 60.7 Å². The van der Waals surface area contributed by atoms with Crippen molar-refractivity contribution in [1.29, 1.82) is 0 Å². The zero-order valence-corrected chi connectivity index (χ0v) is 34.4. The largest absolute Gasteiger partial charge is 0.496 e. The van der Waals surface area contributed by atoms with Gasteiger partial charge in [-0.25, -0.2) is 4.42 Å². The van der Waals surface area contributed by atoms with Crippen molar-refractivity contribution in [3.63, 3.8) is 0 Å². The monoisotopic (exact) mass is 811 g/mol. The second-order valence-corrected chi connectivity index (χ2v) is 13.4. The lowest BCUT2D eigenvalue weighted by Crippen LogP contribution is -2.64. The lowest BCUT2D eigenvalue weighted by Gasteiger charge is -2.23. The number of benzene rings is 4. The molecule has 0 bridgehead atoms. The molecule has 0 fully saturated rings. The number of hydrogen-bond acceptors (Lipinski definition) is 11. The van der Waals surface area contributed by atoms with Crippen LogP contribution in [0.25, 0.3) is 46.3 Å². The van der Waals surface area contributed by atoms with Crippen LogP contribution in [0.1, 0.15) is 16.7 Å². The van der Waals surface area contributed by atoms with Crippen molar-refractivity contribution >= 4 is 23.7 Å². The molecule has 306 valence electrons. The highest BCUT2D eigenvalue weighted by atomic mass is 16.5. The van der Waals surface area contributed by atoms with E-state index in [1.54, 1.807) is 62.8 Å². The molecule has 60 heavy (non-hydrogen) atoms. The third kappa shape index (κ3) is 7.74. The van der Waals surface area contributed by atoms with Gasteiger partial charge in [0.2, 0.25) is 22.4 Å². The van der Waals surface area contributed by atoms with E-state index in [0.717, 1.165) is 0 Å². The summed E-state index contributed by atoms with van der Waals surface area (Å²) in [5.74, 6) is 4.86. The molecule has 1 aliphatic rings. The lowest BCUT2D eigenvalue weighted by atomic mass is 9.96. The third-order valence-corrected chi connectivity index (χ3v) is 10.0. The Morgan fingerprint density at radius 3 is 1.50 bits per heavy atom. The maximum atomic E-state index is 14.0. The molecule has 0 spiro atoms. The molecule has 5 aromatic carbocycles. The van der Waals surface area contributed by atoms with Crippen LogP contribution in [-0.2, 0) is 4.74 Å². The number of rotatable bonds is 14. The topological polar surface area (TPSA) is 129 Å². The summed E-state index contributed by atoms with van der Waals surface area (Å²) in [6.45, 7) is 0. The van der Waals surface area contributed by atoms with Gasteiger partial charge in [-0.15, -0.1) is 0 Å². The Morgan fingerprint density at radius 1 is 0.500 bits per heavy atom. The van der Waals surface area contributed by atoms with Crippen molar-refractivity contribution in [3.8, 4) is 68.6 Å². The predicted octanol–water partition coefficient (Wildman–Crippen LogP) is 6.90. The third-order valence-electron chi connectivity index (χ3n) is 10.0. The fraction of sp³-hybridized carbons (Fsp3) is 0.188. The smallest absolute Gasteiger partial charge is 0.365 e. The van der Waals surface area contributed by atoms with E-state index in [-0.39, 0.29) is 10.4 Å². The van der Waals surface area contributed by atoms with E-state index in [2.05, 4.69) is 0 Å². The molecular weight excluding hydrogens is 769 g/mol. The van der Waals surface area contributed by atoms with Crippen molar-refractivity contribution < 1.29 is 47.0 Å². The normalized spacial score (nSPS) is 13.3. The molecule has 12 nitrogen and oxygen atoms in total. The van der Waals surface area contributed by atoms with Crippen LogP contribution in [0, 0.1) is 5.92 Å². The number of allylic oxidation sites excluding steroid dienone is 2. The van der Waals surface area contributed by atoms with Gasteiger partial charge in [0.25, 0.3) is 0 Å². The first-order valence-electron chi connectivity index (χ1n) is 18.7. The van der Waals surface area contributed by atoms with Crippen molar-refractivity contribution in [2.45, 2.75) is 0 Å². The molecule has 1 aliphatic heterocycles. The summed E-state index contributed by atoms with van der Waals surface area (Å²) in [4.78, 5) is 27.9. The van der Waals surface area contributed by atoms with Crippen molar-refractivity contribution in [2.75, 3.05) is 56.9 Å². The summed E-state index contributed by atoms with van der Waals surface area (Å²) in [7, 11) is 12.3. The summed E-state index contributed by atoms with van der Waals surface area (Å²) in [6, 6.07) is 25.3. The number of hydrogen-bond donors (Lipinski definition) is 0. The van der Waals surface area contributed by atoms with Gasteiger partial charge in [-0.3, -0.25) is 9.59 Å². The fourth-order valence-electron chi connectivity index (χ4n) is 7.08. The van der Waals surface area contributed by atoms with Crippen LogP contribution in [0.15, 0.2) is 111 Å². The van der Waals surface area contributed by atoms with E-state index < -0.39 is 16.8 Å². The maximum Gasteiger partial charge on any atom is 0.365 e. The zero-order valence-electron chi connectivity index (χ0n) is 34.4. The van der Waals surface area contributed by atoms with Crippen molar-refractivity contribution in [1.82, 2.24) is 0 Å². The van der Waals surface area contributed by atoms with E-state index in [4.69, 9.17) is 47.0 Å². The van der Waals surface area contributed by atoms with Crippen molar-refractivity contribution in [2.24, 2.45) is 5.92 Å². The van der Waals surface area contributed by atoms with Gasteiger partial charge in [-0.05, 0) is 60.2 Å². The Labute approximate surface area is 346 Å². The molecule has 1 aromatic heterocycles. The van der Waals surface area contributed by atoms with E-state index in [1.165, 1.54) is 42.7 Å². The number of methoxy groups -OCH3 is 8. The first kappa shape index (κ1) is 40.7. The van der Waals surface area contributed by atoms with Gasteiger partial charge in [0.1, 0.15) is 28.6 Å². The molecule has 0 N–H and O–H groups in total. The van der Waals surface area contributed by atoms with Gasteiger partial charge in [-0.1, -0.05) is 30.3 Å². The van der Waals surface area contributed by atoms with E-state index in [9.17, 15) is 9.59 Å². The minimum Gasteiger partial charge on any atom is -0.496 e. The molecule has 0 saturated heterocycles. The first-order valence-corrected chi connectivity index (χ1v) is 18.7. The standard InChI is InChI=1S/C48H43O12/c1-51-35-15-11-9-13-31(35)39-21-27(19-37(59-39)29-23-41(53-3)47(57-7)42(24-29)54-4)17-33-45(49)34(46(33)50)18-28-20-38(30-25-43(55-5)48(58-8)44(26-30)56-6)60-40(22-28)32-14-10-12-16-36(32)52-2/h9-27H,1-8H3/q+1. The minimum absolute atomic E-state index is 0.0177. The van der Waals surface area contributed by atoms with Crippen LogP contribution in [0.5, 0.6) is 46.0 Å². The summed E-state index contributed by atoms with van der Waals surface area (Å²) < 4.78 is 57.8. The molecule has 1 unspecified atom stereocenters. The highest BCUT2D eigenvalue weighted by Crippen LogP contribution is 2.44. The van der Waals surface area contributed by atoms with Crippen LogP contribution >= 0.6 is 0 Å². The molecule has 2 heterocycles. The molecule has 12 heteroatoms. The summed E-state index contributed by atoms with van der Waals surface area (Å²) in [6.07, 6.45) is 6.85. The lowest BCUT2D eigenvalue weighted by molar-refractivity contribution is 0.323. The van der Waals surface area contributed by atoms with Gasteiger partial charge >= 0.3 is 11.5 Å². The van der Waals surface area contributed by atoms with Gasteiger partial charge in [-0.2, -0.15) is 0 Å². The van der Waals surface area contributed by atoms with Crippen LogP contribution in [0.3, 0.4) is 0 Å². The van der Waals surface area contributed by atoms with Crippen LogP contribution in [-0.4, -0.2) is 56.9 Å².